The first-order valence-corrected chi connectivity index (χ1v) is 4.54. The third-order valence-electron chi connectivity index (χ3n) is 1.84. The topological polar surface area (TPSA) is 9.23 Å². The Labute approximate surface area is 89.5 Å². The van der Waals surface area contributed by atoms with E-state index < -0.39 is 5.30 Å². The highest BCUT2D eigenvalue weighted by Crippen LogP contribution is 2.19. The Balaban J connectivity index is 2.74. The molecule has 4 heteroatoms. The third kappa shape index (κ3) is 3.53. The van der Waals surface area contributed by atoms with Gasteiger partial charge >= 0.3 is 0 Å². The standard InChI is InChI=1S/C10H11B3O/c1-7(2)8-3-5-9(6-4-8)14-10(11,12)13/h3-7H,1-2H3. The minimum atomic E-state index is -1.61. The molecule has 14 heavy (non-hydrogen) atoms. The summed E-state index contributed by atoms with van der Waals surface area (Å²) in [6.07, 6.45) is 0. The van der Waals surface area contributed by atoms with Gasteiger partial charge in [-0.05, 0) is 28.9 Å². The van der Waals surface area contributed by atoms with E-state index >= 15 is 0 Å². The molecule has 0 saturated carbocycles. The summed E-state index contributed by atoms with van der Waals surface area (Å²) < 4.78 is 5.07. The van der Waals surface area contributed by atoms with Crippen LogP contribution in [0.4, 0.5) is 0 Å². The fourth-order valence-electron chi connectivity index (χ4n) is 1.12. The van der Waals surface area contributed by atoms with E-state index in [1.54, 1.807) is 12.1 Å². The molecule has 6 radical (unpaired) electrons. The highest BCUT2D eigenvalue weighted by molar-refractivity contribution is 6.58. The summed E-state index contributed by atoms with van der Waals surface area (Å²) in [6.45, 7) is 4.24. The highest BCUT2D eigenvalue weighted by atomic mass is 16.5. The van der Waals surface area contributed by atoms with Crippen LogP contribution in [0.3, 0.4) is 0 Å². The summed E-state index contributed by atoms with van der Waals surface area (Å²) in [6, 6.07) is 7.53. The van der Waals surface area contributed by atoms with Gasteiger partial charge in [0, 0.05) is 0 Å². The Morgan fingerprint density at radius 3 is 1.93 bits per heavy atom. The zero-order valence-corrected chi connectivity index (χ0v) is 8.53. The van der Waals surface area contributed by atoms with Crippen LogP contribution in [0.2, 0.25) is 0 Å². The van der Waals surface area contributed by atoms with Crippen molar-refractivity contribution in [1.82, 2.24) is 0 Å². The SMILES string of the molecule is [B]C([B])([B])Oc1ccc(C(C)C)cc1. The molecule has 1 aromatic rings. The number of hydrogen-bond donors (Lipinski definition) is 0. The zero-order valence-electron chi connectivity index (χ0n) is 8.53. The molecule has 0 amide bonds. The highest BCUT2D eigenvalue weighted by Gasteiger charge is 2.10. The minimum Gasteiger partial charge on any atom is -0.516 e. The van der Waals surface area contributed by atoms with Gasteiger partial charge in [-0.15, -0.1) is 0 Å². The summed E-state index contributed by atoms with van der Waals surface area (Å²) in [4.78, 5) is 0. The second-order valence-electron chi connectivity index (χ2n) is 3.68. The maximum absolute atomic E-state index is 5.30. The van der Waals surface area contributed by atoms with Gasteiger partial charge in [0.2, 0.25) is 0 Å². The molecule has 0 aliphatic rings. The fraction of sp³-hybridized carbons (Fsp3) is 0.400. The van der Waals surface area contributed by atoms with Gasteiger partial charge in [-0.3, -0.25) is 0 Å². The lowest BCUT2D eigenvalue weighted by Gasteiger charge is -2.23. The molecule has 0 heterocycles. The molecule has 0 fully saturated rings. The van der Waals surface area contributed by atoms with Gasteiger partial charge in [-0.25, -0.2) is 0 Å². The molecule has 0 atom stereocenters. The van der Waals surface area contributed by atoms with E-state index in [1.165, 1.54) is 5.56 Å². The van der Waals surface area contributed by atoms with E-state index in [-0.39, 0.29) is 0 Å². The first-order valence-electron chi connectivity index (χ1n) is 4.54. The Kier molecular flexibility index (Phi) is 3.36. The predicted molar refractivity (Wildman–Crippen MR) is 61.2 cm³/mol. The average molecular weight is 180 g/mol. The monoisotopic (exact) mass is 180 g/mol. The van der Waals surface area contributed by atoms with Gasteiger partial charge in [0.25, 0.3) is 0 Å². The number of rotatable bonds is 3. The quantitative estimate of drug-likeness (QED) is 0.636. The van der Waals surface area contributed by atoms with Crippen molar-refractivity contribution in [3.8, 4) is 5.75 Å². The van der Waals surface area contributed by atoms with Crippen molar-refractivity contribution < 1.29 is 4.74 Å². The minimum absolute atomic E-state index is 0.488. The van der Waals surface area contributed by atoms with Crippen molar-refractivity contribution in [3.05, 3.63) is 29.8 Å². The van der Waals surface area contributed by atoms with E-state index in [1.807, 2.05) is 12.1 Å². The molecule has 0 aromatic heterocycles. The Morgan fingerprint density at radius 2 is 1.57 bits per heavy atom. The van der Waals surface area contributed by atoms with Gasteiger partial charge in [0.1, 0.15) is 29.3 Å². The number of hydrogen-bond acceptors (Lipinski definition) is 1. The van der Waals surface area contributed by atoms with Gasteiger partial charge in [0.05, 0.1) is 0 Å². The lowest BCUT2D eigenvalue weighted by Crippen LogP contribution is -2.37. The number of ether oxygens (including phenoxy) is 1. The number of benzene rings is 1. The van der Waals surface area contributed by atoms with Crippen molar-refractivity contribution in [2.75, 3.05) is 0 Å². The molecular formula is C10H11B3O. The van der Waals surface area contributed by atoms with Gasteiger partial charge < -0.3 is 4.74 Å². The van der Waals surface area contributed by atoms with Crippen molar-refractivity contribution in [3.63, 3.8) is 0 Å². The van der Waals surface area contributed by atoms with E-state index in [9.17, 15) is 0 Å². The molecular weight excluding hydrogens is 169 g/mol. The maximum Gasteiger partial charge on any atom is 0.116 e. The van der Waals surface area contributed by atoms with Gasteiger partial charge in [-0.2, -0.15) is 0 Å². The van der Waals surface area contributed by atoms with Gasteiger partial charge in [0.15, 0.2) is 0 Å². The van der Waals surface area contributed by atoms with E-state index in [2.05, 4.69) is 13.8 Å². The summed E-state index contributed by atoms with van der Waals surface area (Å²) >= 11 is 0. The van der Waals surface area contributed by atoms with Crippen LogP contribution >= 0.6 is 0 Å². The van der Waals surface area contributed by atoms with Crippen LogP contribution in [0.1, 0.15) is 25.3 Å². The van der Waals surface area contributed by atoms with E-state index in [0.29, 0.717) is 11.7 Å². The van der Waals surface area contributed by atoms with Crippen LogP contribution in [-0.4, -0.2) is 28.8 Å². The summed E-state index contributed by atoms with van der Waals surface area (Å²) in [5, 5.41) is -1.61. The fourth-order valence-corrected chi connectivity index (χ4v) is 1.12. The molecule has 0 spiro atoms. The van der Waals surface area contributed by atoms with E-state index in [4.69, 9.17) is 28.3 Å². The molecule has 0 saturated heterocycles. The van der Waals surface area contributed by atoms with Crippen molar-refractivity contribution in [1.29, 1.82) is 0 Å². The zero-order chi connectivity index (χ0) is 10.8. The Hall–Kier alpha value is -0.785. The Bertz CT molecular complexity index is 287. The van der Waals surface area contributed by atoms with Gasteiger partial charge in [-0.1, -0.05) is 26.0 Å². The first kappa shape index (κ1) is 11.3. The van der Waals surface area contributed by atoms with Crippen molar-refractivity contribution in [2.24, 2.45) is 0 Å². The molecule has 1 rings (SSSR count). The largest absolute Gasteiger partial charge is 0.516 e. The van der Waals surface area contributed by atoms with Crippen LogP contribution in [0.15, 0.2) is 24.3 Å². The van der Waals surface area contributed by atoms with Crippen molar-refractivity contribution >= 4 is 23.5 Å². The Morgan fingerprint density at radius 1 is 1.07 bits per heavy atom. The third-order valence-corrected chi connectivity index (χ3v) is 1.84. The molecule has 0 N–H and O–H groups in total. The molecule has 0 aliphatic heterocycles. The first-order chi connectivity index (χ1) is 6.38. The second-order valence-corrected chi connectivity index (χ2v) is 3.68. The van der Waals surface area contributed by atoms with Crippen molar-refractivity contribution in [2.45, 2.75) is 25.1 Å². The normalized spacial score (nSPS) is 11.6. The molecule has 66 valence electrons. The van der Waals surface area contributed by atoms with Crippen LogP contribution in [0.5, 0.6) is 5.75 Å². The lowest BCUT2D eigenvalue weighted by atomic mass is 9.52. The maximum atomic E-state index is 5.30. The molecule has 1 aromatic carbocycles. The summed E-state index contributed by atoms with van der Waals surface area (Å²) in [5.41, 5.74) is 1.23. The van der Waals surface area contributed by atoms with E-state index in [0.717, 1.165) is 0 Å². The second kappa shape index (κ2) is 4.16. The van der Waals surface area contributed by atoms with Crippen LogP contribution < -0.4 is 4.74 Å². The van der Waals surface area contributed by atoms with Crippen LogP contribution in [-0.2, 0) is 0 Å². The lowest BCUT2D eigenvalue weighted by molar-refractivity contribution is 0.318. The molecule has 0 unspecified atom stereocenters. The molecule has 0 bridgehead atoms. The molecule has 0 aliphatic carbocycles. The summed E-state index contributed by atoms with van der Waals surface area (Å²) in [7, 11) is 15.9. The summed E-state index contributed by atoms with van der Waals surface area (Å²) in [5.74, 6) is 1.06. The molecule has 1 nitrogen and oxygen atoms in total. The average Bonchev–Trinajstić information content (AvgIpc) is 2.02. The predicted octanol–water partition coefficient (Wildman–Crippen LogP) is 1.31. The van der Waals surface area contributed by atoms with Crippen LogP contribution in [0, 0.1) is 0 Å². The van der Waals surface area contributed by atoms with Crippen LogP contribution in [0.25, 0.3) is 0 Å². The smallest absolute Gasteiger partial charge is 0.116 e.